The Morgan fingerprint density at radius 2 is 2.17 bits per heavy atom. The molecule has 1 aromatic carbocycles. The molecule has 3 N–H and O–H groups in total. The molecule has 1 heterocycles. The first-order valence-electron chi connectivity index (χ1n) is 3.90. The summed E-state index contributed by atoms with van der Waals surface area (Å²) in [4.78, 5) is 4.17. The van der Waals surface area contributed by atoms with Crippen molar-refractivity contribution in [3.63, 3.8) is 0 Å². The number of hydrogen-bond acceptors (Lipinski definition) is 3. The predicted octanol–water partition coefficient (Wildman–Crippen LogP) is 1.33. The molecule has 3 nitrogen and oxygen atoms in total. The van der Waals surface area contributed by atoms with Crippen LogP contribution in [0.25, 0.3) is 0 Å². The molecule has 62 valence electrons. The van der Waals surface area contributed by atoms with Gasteiger partial charge in [-0.15, -0.1) is 0 Å². The van der Waals surface area contributed by atoms with Crippen LogP contribution in [0.3, 0.4) is 0 Å². The van der Waals surface area contributed by atoms with Crippen LogP contribution >= 0.6 is 0 Å². The van der Waals surface area contributed by atoms with Crippen molar-refractivity contribution < 1.29 is 5.11 Å². The van der Waals surface area contributed by atoms with E-state index in [-0.39, 0.29) is 0 Å². The highest BCUT2D eigenvalue weighted by Crippen LogP contribution is 2.27. The molecule has 0 unspecified atom stereocenters. The Bertz CT molecular complexity index is 344. The highest BCUT2D eigenvalue weighted by atomic mass is 16.3. The minimum Gasteiger partial charge on any atom is -0.508 e. The van der Waals surface area contributed by atoms with Crippen molar-refractivity contribution in [3.8, 4) is 5.75 Å². The monoisotopic (exact) mass is 162 g/mol. The van der Waals surface area contributed by atoms with Gasteiger partial charge in [0, 0.05) is 6.42 Å². The summed E-state index contributed by atoms with van der Waals surface area (Å²) >= 11 is 0. The van der Waals surface area contributed by atoms with Crippen LogP contribution in [0.2, 0.25) is 0 Å². The number of benzene rings is 1. The Kier molecular flexibility index (Phi) is 1.50. The quantitative estimate of drug-likeness (QED) is 0.604. The second-order valence-electron chi connectivity index (χ2n) is 2.92. The molecule has 0 saturated heterocycles. The fourth-order valence-corrected chi connectivity index (χ4v) is 1.35. The molecule has 12 heavy (non-hydrogen) atoms. The largest absolute Gasteiger partial charge is 0.508 e. The zero-order valence-corrected chi connectivity index (χ0v) is 6.62. The first-order valence-corrected chi connectivity index (χ1v) is 3.90. The fraction of sp³-hybridized carbons (Fsp3) is 0.222. The van der Waals surface area contributed by atoms with E-state index >= 15 is 0 Å². The summed E-state index contributed by atoms with van der Waals surface area (Å²) in [5.41, 5.74) is 7.53. The molecule has 2 rings (SSSR count). The van der Waals surface area contributed by atoms with E-state index in [0.29, 0.717) is 11.6 Å². The zero-order valence-electron chi connectivity index (χ0n) is 6.62. The molecule has 0 radical (unpaired) electrons. The Hall–Kier alpha value is -1.51. The van der Waals surface area contributed by atoms with Gasteiger partial charge in [0.2, 0.25) is 0 Å². The number of fused-ring (bicyclic) bond motifs is 1. The van der Waals surface area contributed by atoms with Crippen molar-refractivity contribution in [1.29, 1.82) is 0 Å². The standard InChI is InChI=1S/C9H10N2O/c10-9-4-1-6-5-7(12)2-3-8(6)11-9/h2-3,5,12H,1,4H2,(H2,10,11). The molecule has 0 spiro atoms. The molecule has 1 aliphatic rings. The molecule has 0 bridgehead atoms. The van der Waals surface area contributed by atoms with Crippen molar-refractivity contribution >= 4 is 11.5 Å². The Labute approximate surface area is 70.5 Å². The van der Waals surface area contributed by atoms with Crippen molar-refractivity contribution in [2.24, 2.45) is 10.7 Å². The molecule has 0 fully saturated rings. The minimum atomic E-state index is 0.296. The summed E-state index contributed by atoms with van der Waals surface area (Å²) in [6, 6.07) is 5.16. The number of aliphatic imine (C=N–C) groups is 1. The number of nitrogens with zero attached hydrogens (tertiary/aromatic N) is 1. The molecule has 0 saturated carbocycles. The number of rotatable bonds is 0. The van der Waals surface area contributed by atoms with Crippen molar-refractivity contribution in [3.05, 3.63) is 23.8 Å². The van der Waals surface area contributed by atoms with Crippen LogP contribution in [0.4, 0.5) is 5.69 Å². The van der Waals surface area contributed by atoms with E-state index in [0.717, 1.165) is 24.1 Å². The Balaban J connectivity index is 2.51. The van der Waals surface area contributed by atoms with E-state index < -0.39 is 0 Å². The van der Waals surface area contributed by atoms with Crippen LogP contribution in [-0.4, -0.2) is 10.9 Å². The van der Waals surface area contributed by atoms with Gasteiger partial charge >= 0.3 is 0 Å². The van der Waals surface area contributed by atoms with Gasteiger partial charge in [-0.25, -0.2) is 4.99 Å². The summed E-state index contributed by atoms with van der Waals surface area (Å²) in [5.74, 6) is 0.970. The number of aromatic hydroxyl groups is 1. The highest BCUT2D eigenvalue weighted by molar-refractivity contribution is 5.85. The van der Waals surface area contributed by atoms with Gasteiger partial charge in [-0.2, -0.15) is 0 Å². The fourth-order valence-electron chi connectivity index (χ4n) is 1.35. The third-order valence-electron chi connectivity index (χ3n) is 1.98. The van der Waals surface area contributed by atoms with E-state index in [1.165, 1.54) is 0 Å². The van der Waals surface area contributed by atoms with E-state index in [1.807, 2.05) is 0 Å². The average molecular weight is 162 g/mol. The molecule has 1 aromatic rings. The van der Waals surface area contributed by atoms with Gasteiger partial charge in [-0.05, 0) is 30.2 Å². The summed E-state index contributed by atoms with van der Waals surface area (Å²) in [6.07, 6.45) is 1.66. The molecule has 0 aromatic heterocycles. The average Bonchev–Trinajstić information content (AvgIpc) is 2.05. The first kappa shape index (κ1) is 7.16. The maximum atomic E-state index is 9.17. The van der Waals surface area contributed by atoms with Gasteiger partial charge in [-0.3, -0.25) is 0 Å². The highest BCUT2D eigenvalue weighted by Gasteiger charge is 2.09. The second kappa shape index (κ2) is 2.52. The Morgan fingerprint density at radius 1 is 1.33 bits per heavy atom. The first-order chi connectivity index (χ1) is 5.75. The van der Waals surface area contributed by atoms with Crippen molar-refractivity contribution in [1.82, 2.24) is 0 Å². The minimum absolute atomic E-state index is 0.296. The van der Waals surface area contributed by atoms with Gasteiger partial charge in [-0.1, -0.05) is 0 Å². The third kappa shape index (κ3) is 1.13. The number of aryl methyl sites for hydroxylation is 1. The van der Waals surface area contributed by atoms with E-state index in [1.54, 1.807) is 18.2 Å². The van der Waals surface area contributed by atoms with E-state index in [4.69, 9.17) is 5.73 Å². The molecule has 0 aliphatic carbocycles. The molecule has 1 aliphatic heterocycles. The third-order valence-corrected chi connectivity index (χ3v) is 1.98. The summed E-state index contributed by atoms with van der Waals surface area (Å²) < 4.78 is 0. The molecular weight excluding hydrogens is 152 g/mol. The second-order valence-corrected chi connectivity index (χ2v) is 2.92. The molecule has 3 heteroatoms. The van der Waals surface area contributed by atoms with Gasteiger partial charge in [0.25, 0.3) is 0 Å². The number of phenols is 1. The normalized spacial score (nSPS) is 15.2. The van der Waals surface area contributed by atoms with Gasteiger partial charge in [0.1, 0.15) is 5.75 Å². The van der Waals surface area contributed by atoms with E-state index in [2.05, 4.69) is 4.99 Å². The number of hydrogen-bond donors (Lipinski definition) is 2. The topological polar surface area (TPSA) is 58.6 Å². The van der Waals surface area contributed by atoms with Crippen LogP contribution in [0.5, 0.6) is 5.75 Å². The lowest BCUT2D eigenvalue weighted by Gasteiger charge is -2.12. The van der Waals surface area contributed by atoms with Crippen molar-refractivity contribution in [2.45, 2.75) is 12.8 Å². The lowest BCUT2D eigenvalue weighted by atomic mass is 10.0. The predicted molar refractivity (Wildman–Crippen MR) is 47.7 cm³/mol. The molecule has 0 amide bonds. The summed E-state index contributed by atoms with van der Waals surface area (Å²) in [7, 11) is 0. The molecular formula is C9H10N2O. The summed E-state index contributed by atoms with van der Waals surface area (Å²) in [6.45, 7) is 0. The van der Waals surface area contributed by atoms with Crippen LogP contribution in [-0.2, 0) is 6.42 Å². The smallest absolute Gasteiger partial charge is 0.116 e. The SMILES string of the molecule is NC1=Nc2ccc(O)cc2CC1. The summed E-state index contributed by atoms with van der Waals surface area (Å²) in [5, 5.41) is 9.17. The maximum Gasteiger partial charge on any atom is 0.116 e. The van der Waals surface area contributed by atoms with Crippen LogP contribution < -0.4 is 5.73 Å². The van der Waals surface area contributed by atoms with E-state index in [9.17, 15) is 5.11 Å². The number of nitrogens with two attached hydrogens (primary N) is 1. The number of amidine groups is 1. The Morgan fingerprint density at radius 3 is 3.00 bits per heavy atom. The van der Waals surface area contributed by atoms with Crippen LogP contribution in [0.15, 0.2) is 23.2 Å². The lowest BCUT2D eigenvalue weighted by molar-refractivity contribution is 0.474. The van der Waals surface area contributed by atoms with Gasteiger partial charge < -0.3 is 10.8 Å². The maximum absolute atomic E-state index is 9.17. The van der Waals surface area contributed by atoms with Gasteiger partial charge in [0.15, 0.2) is 0 Å². The lowest BCUT2D eigenvalue weighted by Crippen LogP contribution is -2.15. The zero-order chi connectivity index (χ0) is 8.55. The molecule has 0 atom stereocenters. The van der Waals surface area contributed by atoms with Crippen molar-refractivity contribution in [2.75, 3.05) is 0 Å². The van der Waals surface area contributed by atoms with Crippen LogP contribution in [0.1, 0.15) is 12.0 Å². The number of phenolic OH excluding ortho intramolecular Hbond substituents is 1. The van der Waals surface area contributed by atoms with Gasteiger partial charge in [0.05, 0.1) is 11.5 Å². The van der Waals surface area contributed by atoms with Crippen LogP contribution in [0, 0.1) is 0 Å².